The lowest BCUT2D eigenvalue weighted by molar-refractivity contribution is -0.134. The number of nitrogens with one attached hydrogen (secondary N) is 1. The van der Waals surface area contributed by atoms with E-state index in [1.54, 1.807) is 0 Å². The van der Waals surface area contributed by atoms with E-state index in [4.69, 9.17) is 9.47 Å². The minimum Gasteiger partial charge on any atom is -0.487 e. The van der Waals surface area contributed by atoms with Crippen molar-refractivity contribution in [3.05, 3.63) is 29.8 Å². The van der Waals surface area contributed by atoms with E-state index in [-0.39, 0.29) is 23.8 Å². The highest BCUT2D eigenvalue weighted by Gasteiger charge is 2.26. The molecule has 0 aliphatic carbocycles. The second-order valence-corrected chi connectivity index (χ2v) is 6.20. The third kappa shape index (κ3) is 4.42. The Labute approximate surface area is 139 Å². The summed E-state index contributed by atoms with van der Waals surface area (Å²) < 4.78 is 37.5. The van der Waals surface area contributed by atoms with Crippen LogP contribution in [-0.4, -0.2) is 55.8 Å². The van der Waals surface area contributed by atoms with E-state index < -0.39 is 11.6 Å². The number of ether oxygens (including phenoxy) is 2. The maximum absolute atomic E-state index is 13.6. The number of amides is 1. The molecule has 0 spiro atoms. The highest BCUT2D eigenvalue weighted by molar-refractivity contribution is 5.77. The summed E-state index contributed by atoms with van der Waals surface area (Å²) in [5, 5.41) is 3.27. The molecular formula is C17H22F2N2O3. The molecule has 0 bridgehead atoms. The largest absolute Gasteiger partial charge is 0.487 e. The molecule has 132 valence electrons. The van der Waals surface area contributed by atoms with Crippen LogP contribution in [0.15, 0.2) is 18.2 Å². The van der Waals surface area contributed by atoms with Crippen molar-refractivity contribution in [2.45, 2.75) is 31.4 Å². The molecule has 1 aromatic carbocycles. The standard InChI is InChI=1S/C17H22F2N2O3/c18-12-1-2-16(15(19)9-12)24-14-3-6-21(7-4-14)17(22)10-13-11-23-8-5-20-13/h1-2,9,13-14,20H,3-8,10-11H2. The minimum atomic E-state index is -0.697. The van der Waals surface area contributed by atoms with Gasteiger partial charge in [0.25, 0.3) is 0 Å². The molecule has 1 atom stereocenters. The number of piperidine rings is 1. The molecule has 2 aliphatic heterocycles. The number of halogens is 2. The van der Waals surface area contributed by atoms with Crippen LogP contribution in [0.5, 0.6) is 5.75 Å². The molecule has 0 saturated carbocycles. The van der Waals surface area contributed by atoms with Crippen molar-refractivity contribution < 1.29 is 23.0 Å². The van der Waals surface area contributed by atoms with Crippen LogP contribution in [0.4, 0.5) is 8.78 Å². The smallest absolute Gasteiger partial charge is 0.224 e. The van der Waals surface area contributed by atoms with Gasteiger partial charge >= 0.3 is 0 Å². The Bertz CT molecular complexity index is 571. The summed E-state index contributed by atoms with van der Waals surface area (Å²) in [5.41, 5.74) is 0. The van der Waals surface area contributed by atoms with Crippen molar-refractivity contribution in [3.8, 4) is 5.75 Å². The van der Waals surface area contributed by atoms with Crippen LogP contribution < -0.4 is 10.1 Å². The molecule has 1 aromatic rings. The summed E-state index contributed by atoms with van der Waals surface area (Å²) in [6, 6.07) is 3.37. The van der Waals surface area contributed by atoms with Gasteiger partial charge in [0, 0.05) is 51.0 Å². The summed E-state index contributed by atoms with van der Waals surface area (Å²) >= 11 is 0. The van der Waals surface area contributed by atoms with E-state index >= 15 is 0 Å². The van der Waals surface area contributed by atoms with Crippen LogP contribution >= 0.6 is 0 Å². The lowest BCUT2D eigenvalue weighted by Gasteiger charge is -2.33. The Balaban J connectivity index is 1.45. The fraction of sp³-hybridized carbons (Fsp3) is 0.588. The molecule has 2 heterocycles. The first-order chi connectivity index (χ1) is 11.6. The van der Waals surface area contributed by atoms with E-state index in [9.17, 15) is 13.6 Å². The van der Waals surface area contributed by atoms with Crippen molar-refractivity contribution in [1.29, 1.82) is 0 Å². The zero-order valence-electron chi connectivity index (χ0n) is 13.5. The Hall–Kier alpha value is -1.73. The average Bonchev–Trinajstić information content (AvgIpc) is 2.59. The molecule has 1 unspecified atom stereocenters. The highest BCUT2D eigenvalue weighted by Crippen LogP contribution is 2.23. The second kappa shape index (κ2) is 7.90. The molecule has 3 rings (SSSR count). The van der Waals surface area contributed by atoms with Crippen LogP contribution in [0.1, 0.15) is 19.3 Å². The first-order valence-electron chi connectivity index (χ1n) is 8.32. The number of hydrogen-bond acceptors (Lipinski definition) is 4. The molecule has 2 saturated heterocycles. The van der Waals surface area contributed by atoms with Gasteiger partial charge in [-0.15, -0.1) is 0 Å². The summed E-state index contributed by atoms with van der Waals surface area (Å²) in [6.45, 7) is 3.19. The Morgan fingerprint density at radius 3 is 2.79 bits per heavy atom. The summed E-state index contributed by atoms with van der Waals surface area (Å²) in [5.74, 6) is -1.16. The van der Waals surface area contributed by atoms with Crippen molar-refractivity contribution in [1.82, 2.24) is 10.2 Å². The SMILES string of the molecule is O=C(CC1COCCN1)N1CCC(Oc2ccc(F)cc2F)CC1. The number of nitrogens with zero attached hydrogens (tertiary/aromatic N) is 1. The zero-order valence-corrected chi connectivity index (χ0v) is 13.5. The molecular weight excluding hydrogens is 318 g/mol. The normalized spacial score (nSPS) is 22.4. The fourth-order valence-corrected chi connectivity index (χ4v) is 3.06. The molecule has 24 heavy (non-hydrogen) atoms. The Morgan fingerprint density at radius 1 is 1.33 bits per heavy atom. The van der Waals surface area contributed by atoms with Gasteiger partial charge in [-0.05, 0) is 12.1 Å². The van der Waals surface area contributed by atoms with E-state index in [0.29, 0.717) is 45.6 Å². The molecule has 7 heteroatoms. The van der Waals surface area contributed by atoms with Crippen LogP contribution in [-0.2, 0) is 9.53 Å². The van der Waals surface area contributed by atoms with Gasteiger partial charge < -0.3 is 19.7 Å². The third-order valence-electron chi connectivity index (χ3n) is 4.40. The lowest BCUT2D eigenvalue weighted by atomic mass is 10.1. The van der Waals surface area contributed by atoms with Crippen LogP contribution in [0.2, 0.25) is 0 Å². The van der Waals surface area contributed by atoms with Crippen molar-refractivity contribution in [2.24, 2.45) is 0 Å². The molecule has 5 nitrogen and oxygen atoms in total. The van der Waals surface area contributed by atoms with Gasteiger partial charge in [0.1, 0.15) is 11.9 Å². The quantitative estimate of drug-likeness (QED) is 0.907. The Kier molecular flexibility index (Phi) is 5.63. The summed E-state index contributed by atoms with van der Waals surface area (Å²) in [6.07, 6.45) is 1.54. The second-order valence-electron chi connectivity index (χ2n) is 6.20. The molecule has 1 N–H and O–H groups in total. The van der Waals surface area contributed by atoms with Crippen LogP contribution in [0, 0.1) is 11.6 Å². The van der Waals surface area contributed by atoms with Crippen molar-refractivity contribution in [3.63, 3.8) is 0 Å². The number of morpholine rings is 1. The summed E-state index contributed by atoms with van der Waals surface area (Å²) in [4.78, 5) is 14.1. The molecule has 2 aliphatic rings. The van der Waals surface area contributed by atoms with Crippen LogP contribution in [0.25, 0.3) is 0 Å². The number of hydrogen-bond donors (Lipinski definition) is 1. The summed E-state index contributed by atoms with van der Waals surface area (Å²) in [7, 11) is 0. The van der Waals surface area contributed by atoms with Gasteiger partial charge in [0.05, 0.1) is 13.2 Å². The monoisotopic (exact) mass is 340 g/mol. The first-order valence-corrected chi connectivity index (χ1v) is 8.32. The zero-order chi connectivity index (χ0) is 16.9. The van der Waals surface area contributed by atoms with E-state index in [2.05, 4.69) is 5.32 Å². The fourth-order valence-electron chi connectivity index (χ4n) is 3.06. The Morgan fingerprint density at radius 2 is 2.12 bits per heavy atom. The number of benzene rings is 1. The van der Waals surface area contributed by atoms with Crippen LogP contribution in [0.3, 0.4) is 0 Å². The van der Waals surface area contributed by atoms with Gasteiger partial charge in [-0.1, -0.05) is 0 Å². The molecule has 0 radical (unpaired) electrons. The average molecular weight is 340 g/mol. The predicted octanol–water partition coefficient (Wildman–Crippen LogP) is 1.71. The van der Waals surface area contributed by atoms with Gasteiger partial charge in [-0.25, -0.2) is 8.78 Å². The maximum atomic E-state index is 13.6. The number of carbonyl (C=O) groups excluding carboxylic acids is 1. The van der Waals surface area contributed by atoms with Gasteiger partial charge in [-0.3, -0.25) is 4.79 Å². The van der Waals surface area contributed by atoms with Crippen molar-refractivity contribution in [2.75, 3.05) is 32.8 Å². The number of carbonyl (C=O) groups is 1. The van der Waals surface area contributed by atoms with E-state index in [0.717, 1.165) is 12.6 Å². The topological polar surface area (TPSA) is 50.8 Å². The minimum absolute atomic E-state index is 0.0599. The molecule has 2 fully saturated rings. The first kappa shape index (κ1) is 17.1. The molecule has 1 amide bonds. The van der Waals surface area contributed by atoms with E-state index in [1.165, 1.54) is 12.1 Å². The number of rotatable bonds is 4. The lowest BCUT2D eigenvalue weighted by Crippen LogP contribution is -2.47. The predicted molar refractivity (Wildman–Crippen MR) is 83.8 cm³/mol. The maximum Gasteiger partial charge on any atom is 0.224 e. The number of likely N-dealkylation sites (tertiary alicyclic amines) is 1. The van der Waals surface area contributed by atoms with Gasteiger partial charge in [0.15, 0.2) is 11.6 Å². The highest BCUT2D eigenvalue weighted by atomic mass is 19.1. The van der Waals surface area contributed by atoms with E-state index in [1.807, 2.05) is 4.90 Å². The third-order valence-corrected chi connectivity index (χ3v) is 4.40. The molecule has 0 aromatic heterocycles. The van der Waals surface area contributed by atoms with Gasteiger partial charge in [0.2, 0.25) is 5.91 Å². The van der Waals surface area contributed by atoms with Gasteiger partial charge in [-0.2, -0.15) is 0 Å². The van der Waals surface area contributed by atoms with Crippen molar-refractivity contribution >= 4 is 5.91 Å².